The van der Waals surface area contributed by atoms with Gasteiger partial charge >= 0.3 is 0 Å². The summed E-state index contributed by atoms with van der Waals surface area (Å²) in [5.74, 6) is -1.25. The van der Waals surface area contributed by atoms with Crippen LogP contribution in [0.15, 0.2) is 39.5 Å². The van der Waals surface area contributed by atoms with E-state index in [2.05, 4.69) is 20.4 Å². The van der Waals surface area contributed by atoms with E-state index in [0.717, 1.165) is 22.6 Å². The lowest BCUT2D eigenvalue weighted by atomic mass is 10.1. The van der Waals surface area contributed by atoms with E-state index in [1.54, 1.807) is 6.92 Å². The summed E-state index contributed by atoms with van der Waals surface area (Å²) in [5.41, 5.74) is 1.82. The van der Waals surface area contributed by atoms with Gasteiger partial charge in [0.1, 0.15) is 0 Å². The van der Waals surface area contributed by atoms with E-state index in [-0.39, 0.29) is 12.3 Å². The van der Waals surface area contributed by atoms with Gasteiger partial charge in [0.25, 0.3) is 0 Å². The summed E-state index contributed by atoms with van der Waals surface area (Å²) in [7, 11) is 0. The Morgan fingerprint density at radius 2 is 2.03 bits per heavy atom. The van der Waals surface area contributed by atoms with Gasteiger partial charge in [-0.05, 0) is 36.6 Å². The molecule has 0 bridgehead atoms. The van der Waals surface area contributed by atoms with Crippen LogP contribution in [0.4, 0.5) is 13.9 Å². The van der Waals surface area contributed by atoms with Gasteiger partial charge in [-0.2, -0.15) is 16.3 Å². The summed E-state index contributed by atoms with van der Waals surface area (Å²) in [6, 6.07) is 5.48. The molecule has 0 spiro atoms. The largest absolute Gasteiger partial charge is 0.339 e. The van der Waals surface area contributed by atoms with E-state index in [9.17, 15) is 13.6 Å². The number of thiazole rings is 1. The van der Waals surface area contributed by atoms with Crippen molar-refractivity contribution in [1.82, 2.24) is 15.1 Å². The summed E-state index contributed by atoms with van der Waals surface area (Å²) in [4.78, 5) is 21.6. The van der Waals surface area contributed by atoms with Crippen LogP contribution in [0.2, 0.25) is 0 Å². The fourth-order valence-electron chi connectivity index (χ4n) is 2.63. The number of rotatable bonds is 6. The van der Waals surface area contributed by atoms with Gasteiger partial charge < -0.3 is 9.84 Å². The highest BCUT2D eigenvalue weighted by Gasteiger charge is 2.15. The molecule has 10 heteroatoms. The van der Waals surface area contributed by atoms with Crippen LogP contribution in [0.3, 0.4) is 0 Å². The minimum Gasteiger partial charge on any atom is -0.339 e. The third kappa shape index (κ3) is 4.38. The van der Waals surface area contributed by atoms with Crippen LogP contribution in [-0.4, -0.2) is 21.0 Å². The molecule has 1 aromatic carbocycles. The van der Waals surface area contributed by atoms with Gasteiger partial charge in [-0.15, -0.1) is 11.3 Å². The Kier molecular flexibility index (Phi) is 5.45. The molecule has 0 saturated heterocycles. The molecule has 0 aliphatic rings. The second kappa shape index (κ2) is 8.18. The maximum absolute atomic E-state index is 13.5. The molecule has 0 unspecified atom stereocenters. The zero-order chi connectivity index (χ0) is 20.4. The number of nitrogens with one attached hydrogen (secondary N) is 1. The van der Waals surface area contributed by atoms with Crippen LogP contribution in [0.1, 0.15) is 17.2 Å². The van der Waals surface area contributed by atoms with Crippen LogP contribution in [0, 0.1) is 18.6 Å². The lowest BCUT2D eigenvalue weighted by Gasteiger charge is -2.00. The van der Waals surface area contributed by atoms with Crippen LogP contribution in [0.5, 0.6) is 0 Å². The van der Waals surface area contributed by atoms with Gasteiger partial charge in [-0.25, -0.2) is 13.8 Å². The fraction of sp³-hybridized carbons (Fsp3) is 0.158. The molecule has 1 amide bonds. The molecule has 0 saturated carbocycles. The topological polar surface area (TPSA) is 80.9 Å². The molecule has 0 radical (unpaired) electrons. The zero-order valence-electron chi connectivity index (χ0n) is 15.1. The quantitative estimate of drug-likeness (QED) is 0.460. The molecule has 1 N–H and O–H groups in total. The Labute approximate surface area is 172 Å². The van der Waals surface area contributed by atoms with E-state index >= 15 is 0 Å². The SMILES string of the molecule is Cc1sc(NC(=O)CCc2nc(-c3ccsc3)no2)nc1-c1ccc(F)c(F)c1. The average Bonchev–Trinajstić information content (AvgIpc) is 3.43. The Morgan fingerprint density at radius 1 is 1.17 bits per heavy atom. The summed E-state index contributed by atoms with van der Waals surface area (Å²) >= 11 is 2.80. The van der Waals surface area contributed by atoms with Crippen LogP contribution in [-0.2, 0) is 11.2 Å². The van der Waals surface area contributed by atoms with E-state index in [1.807, 2.05) is 16.8 Å². The number of hydrogen-bond donors (Lipinski definition) is 1. The van der Waals surface area contributed by atoms with Crippen molar-refractivity contribution in [1.29, 1.82) is 0 Å². The number of benzene rings is 1. The number of amides is 1. The van der Waals surface area contributed by atoms with Gasteiger partial charge in [0.15, 0.2) is 16.8 Å². The number of aryl methyl sites for hydroxylation is 2. The predicted octanol–water partition coefficient (Wildman–Crippen LogP) is 5.08. The molecule has 3 heterocycles. The Hall–Kier alpha value is -2.98. The number of carbonyl (C=O) groups is 1. The van der Waals surface area contributed by atoms with Gasteiger partial charge in [0.05, 0.1) is 5.69 Å². The van der Waals surface area contributed by atoms with E-state index in [0.29, 0.717) is 34.5 Å². The third-order valence-corrected chi connectivity index (χ3v) is 5.62. The average molecular weight is 432 g/mol. The molecule has 3 aromatic heterocycles. The van der Waals surface area contributed by atoms with Crippen molar-refractivity contribution in [3.05, 3.63) is 57.4 Å². The van der Waals surface area contributed by atoms with Crippen molar-refractivity contribution < 1.29 is 18.1 Å². The Morgan fingerprint density at radius 3 is 2.79 bits per heavy atom. The molecule has 0 aliphatic heterocycles. The number of hydrogen-bond acceptors (Lipinski definition) is 7. The van der Waals surface area contributed by atoms with Crippen molar-refractivity contribution in [3.63, 3.8) is 0 Å². The van der Waals surface area contributed by atoms with Gasteiger partial charge in [0.2, 0.25) is 17.6 Å². The number of anilines is 1. The lowest BCUT2D eigenvalue weighted by Crippen LogP contribution is -2.12. The molecular weight excluding hydrogens is 418 g/mol. The molecule has 148 valence electrons. The molecular formula is C19H14F2N4O2S2. The van der Waals surface area contributed by atoms with Crippen LogP contribution < -0.4 is 5.32 Å². The number of nitrogens with zero attached hydrogens (tertiary/aromatic N) is 3. The maximum Gasteiger partial charge on any atom is 0.227 e. The second-order valence-corrected chi connectivity index (χ2v) is 8.11. The summed E-state index contributed by atoms with van der Waals surface area (Å²) in [6.07, 6.45) is 0.438. The van der Waals surface area contributed by atoms with Crippen LogP contribution in [0.25, 0.3) is 22.6 Å². The van der Waals surface area contributed by atoms with Gasteiger partial charge in [-0.1, -0.05) is 5.16 Å². The first-order valence-electron chi connectivity index (χ1n) is 8.57. The first-order chi connectivity index (χ1) is 14.0. The molecule has 4 aromatic rings. The number of halogens is 2. The smallest absolute Gasteiger partial charge is 0.227 e. The van der Waals surface area contributed by atoms with Crippen molar-refractivity contribution in [2.24, 2.45) is 0 Å². The van der Waals surface area contributed by atoms with Crippen LogP contribution >= 0.6 is 22.7 Å². The first-order valence-corrected chi connectivity index (χ1v) is 10.3. The fourth-order valence-corrected chi connectivity index (χ4v) is 4.12. The predicted molar refractivity (Wildman–Crippen MR) is 107 cm³/mol. The van der Waals surface area contributed by atoms with Crippen molar-refractivity contribution in [2.45, 2.75) is 19.8 Å². The first kappa shape index (κ1) is 19.3. The standard InChI is InChI=1S/C19H14F2N4O2S2/c1-10-17(11-2-3-13(20)14(21)8-11)24-19(29-10)22-15(26)4-5-16-23-18(25-27-16)12-6-7-28-9-12/h2-3,6-9H,4-5H2,1H3,(H,22,24,26). The monoisotopic (exact) mass is 432 g/mol. The Bertz CT molecular complexity index is 1160. The molecule has 6 nitrogen and oxygen atoms in total. The molecule has 0 fully saturated rings. The maximum atomic E-state index is 13.5. The van der Waals surface area contributed by atoms with Gasteiger partial charge in [0, 0.05) is 34.2 Å². The lowest BCUT2D eigenvalue weighted by molar-refractivity contribution is -0.116. The van der Waals surface area contributed by atoms with Crippen molar-refractivity contribution in [3.8, 4) is 22.6 Å². The third-order valence-electron chi connectivity index (χ3n) is 4.05. The normalized spacial score (nSPS) is 11.0. The number of thiophene rings is 1. The number of carbonyl (C=O) groups excluding carboxylic acids is 1. The highest BCUT2D eigenvalue weighted by molar-refractivity contribution is 7.16. The van der Waals surface area contributed by atoms with Crippen molar-refractivity contribution in [2.75, 3.05) is 5.32 Å². The minimum absolute atomic E-state index is 0.143. The summed E-state index contributed by atoms with van der Waals surface area (Å²) in [6.45, 7) is 1.80. The molecule has 0 atom stereocenters. The Balaban J connectivity index is 1.38. The van der Waals surface area contributed by atoms with E-state index in [1.165, 1.54) is 28.7 Å². The van der Waals surface area contributed by atoms with Gasteiger partial charge in [-0.3, -0.25) is 4.79 Å². The number of aromatic nitrogens is 3. The van der Waals surface area contributed by atoms with E-state index < -0.39 is 11.6 Å². The minimum atomic E-state index is -0.943. The zero-order valence-corrected chi connectivity index (χ0v) is 16.7. The van der Waals surface area contributed by atoms with Crippen molar-refractivity contribution >= 4 is 33.7 Å². The highest BCUT2D eigenvalue weighted by Crippen LogP contribution is 2.31. The summed E-state index contributed by atoms with van der Waals surface area (Å²) in [5, 5.41) is 10.8. The summed E-state index contributed by atoms with van der Waals surface area (Å²) < 4.78 is 31.8. The molecule has 4 rings (SSSR count). The van der Waals surface area contributed by atoms with E-state index in [4.69, 9.17) is 4.52 Å². The second-order valence-electron chi connectivity index (χ2n) is 6.12. The highest BCUT2D eigenvalue weighted by atomic mass is 32.1. The molecule has 0 aliphatic carbocycles. The molecule has 29 heavy (non-hydrogen) atoms.